The fraction of sp³-hybridized carbons (Fsp3) is 0.429. The van der Waals surface area contributed by atoms with Crippen LogP contribution in [-0.4, -0.2) is 49.6 Å². The molecule has 8 heteroatoms. The van der Waals surface area contributed by atoms with Crippen LogP contribution >= 0.6 is 35.4 Å². The summed E-state index contributed by atoms with van der Waals surface area (Å²) in [6.45, 7) is 1.79. The molecule has 0 aliphatic rings. The lowest BCUT2D eigenvalue weighted by molar-refractivity contribution is -0.115. The van der Waals surface area contributed by atoms with Crippen molar-refractivity contribution in [3.8, 4) is 0 Å². The third-order valence-corrected chi connectivity index (χ3v) is 3.53. The highest BCUT2D eigenvalue weighted by atomic mass is 35.5. The van der Waals surface area contributed by atoms with Gasteiger partial charge in [-0.3, -0.25) is 4.79 Å². The first-order chi connectivity index (χ1) is 10.4. The average molecular weight is 363 g/mol. The van der Waals surface area contributed by atoms with E-state index in [0.717, 1.165) is 19.5 Å². The van der Waals surface area contributed by atoms with Gasteiger partial charge in [-0.1, -0.05) is 23.2 Å². The van der Waals surface area contributed by atoms with Crippen molar-refractivity contribution in [2.75, 3.05) is 39.0 Å². The van der Waals surface area contributed by atoms with Gasteiger partial charge in [-0.15, -0.1) is 0 Å². The van der Waals surface area contributed by atoms with E-state index in [1.807, 2.05) is 14.1 Å². The van der Waals surface area contributed by atoms with Crippen molar-refractivity contribution >= 4 is 52.1 Å². The van der Waals surface area contributed by atoms with E-state index in [1.54, 1.807) is 18.2 Å². The van der Waals surface area contributed by atoms with Crippen LogP contribution in [0.1, 0.15) is 6.42 Å². The van der Waals surface area contributed by atoms with Gasteiger partial charge in [-0.05, 0) is 57.5 Å². The normalized spacial score (nSPS) is 10.4. The minimum atomic E-state index is -0.249. The maximum absolute atomic E-state index is 11.8. The number of halogens is 2. The van der Waals surface area contributed by atoms with Gasteiger partial charge >= 0.3 is 0 Å². The Labute approximate surface area is 146 Å². The number of nitrogens with zero attached hydrogens (tertiary/aromatic N) is 1. The predicted molar refractivity (Wildman–Crippen MR) is 96.9 cm³/mol. The van der Waals surface area contributed by atoms with Crippen molar-refractivity contribution in [2.24, 2.45) is 0 Å². The summed E-state index contributed by atoms with van der Waals surface area (Å²) in [7, 11) is 4.03. The van der Waals surface area contributed by atoms with Gasteiger partial charge in [0.15, 0.2) is 5.11 Å². The number of nitrogens with one attached hydrogen (secondary N) is 3. The van der Waals surface area contributed by atoms with Gasteiger partial charge in [0.2, 0.25) is 5.91 Å². The predicted octanol–water partition coefficient (Wildman–Crippen LogP) is 2.35. The number of hydrogen-bond donors (Lipinski definition) is 3. The third-order valence-electron chi connectivity index (χ3n) is 2.68. The smallest absolute Gasteiger partial charge is 0.243 e. The number of hydrogen-bond acceptors (Lipinski definition) is 3. The number of amides is 1. The first-order valence-corrected chi connectivity index (χ1v) is 7.96. The van der Waals surface area contributed by atoms with Crippen molar-refractivity contribution in [3.63, 3.8) is 0 Å². The first kappa shape index (κ1) is 19.0. The van der Waals surface area contributed by atoms with Gasteiger partial charge in [0.1, 0.15) is 0 Å². The average Bonchev–Trinajstić information content (AvgIpc) is 2.45. The Kier molecular flexibility index (Phi) is 8.48. The molecule has 0 radical (unpaired) electrons. The van der Waals surface area contributed by atoms with Crippen LogP contribution in [0.3, 0.4) is 0 Å². The van der Waals surface area contributed by atoms with E-state index in [2.05, 4.69) is 20.9 Å². The zero-order valence-corrected chi connectivity index (χ0v) is 14.9. The molecule has 1 amide bonds. The van der Waals surface area contributed by atoms with E-state index >= 15 is 0 Å². The maximum atomic E-state index is 11.8. The van der Waals surface area contributed by atoms with Crippen molar-refractivity contribution in [1.29, 1.82) is 0 Å². The molecule has 0 bridgehead atoms. The molecule has 1 rings (SSSR count). The van der Waals surface area contributed by atoms with Crippen LogP contribution in [0.4, 0.5) is 5.69 Å². The number of anilines is 1. The van der Waals surface area contributed by atoms with E-state index in [4.69, 9.17) is 35.4 Å². The van der Waals surface area contributed by atoms with E-state index in [0.29, 0.717) is 20.8 Å². The summed E-state index contributed by atoms with van der Waals surface area (Å²) >= 11 is 16.9. The fourth-order valence-electron chi connectivity index (χ4n) is 1.61. The number of rotatable bonds is 7. The Morgan fingerprint density at radius 1 is 1.27 bits per heavy atom. The van der Waals surface area contributed by atoms with Crippen LogP contribution in [0.25, 0.3) is 0 Å². The Balaban J connectivity index is 2.28. The molecule has 0 aromatic heterocycles. The summed E-state index contributed by atoms with van der Waals surface area (Å²) < 4.78 is 0. The van der Waals surface area contributed by atoms with Gasteiger partial charge in [0.05, 0.1) is 17.3 Å². The summed E-state index contributed by atoms with van der Waals surface area (Å²) in [6, 6.07) is 4.88. The quantitative estimate of drug-likeness (QED) is 0.513. The summed E-state index contributed by atoms with van der Waals surface area (Å²) in [6.07, 6.45) is 0.971. The monoisotopic (exact) mass is 362 g/mol. The van der Waals surface area contributed by atoms with Crippen molar-refractivity contribution in [3.05, 3.63) is 28.2 Å². The van der Waals surface area contributed by atoms with Crippen LogP contribution < -0.4 is 16.0 Å². The lowest BCUT2D eigenvalue weighted by atomic mass is 10.3. The lowest BCUT2D eigenvalue weighted by Crippen LogP contribution is -2.40. The minimum Gasteiger partial charge on any atom is -0.363 e. The van der Waals surface area contributed by atoms with E-state index in [-0.39, 0.29) is 12.5 Å². The zero-order chi connectivity index (χ0) is 16.5. The molecule has 0 fully saturated rings. The summed E-state index contributed by atoms with van der Waals surface area (Å²) in [5.41, 5.74) is 0.478. The molecular formula is C14H20Cl2N4OS. The van der Waals surface area contributed by atoms with Gasteiger partial charge in [-0.2, -0.15) is 0 Å². The molecule has 0 saturated carbocycles. The molecule has 1 aromatic carbocycles. The molecule has 122 valence electrons. The second kappa shape index (κ2) is 9.84. The van der Waals surface area contributed by atoms with Gasteiger partial charge in [0, 0.05) is 11.6 Å². The molecular weight excluding hydrogens is 343 g/mol. The number of carbonyl (C=O) groups is 1. The Hall–Kier alpha value is -1.08. The number of carbonyl (C=O) groups excluding carboxylic acids is 1. The lowest BCUT2D eigenvalue weighted by Gasteiger charge is -2.13. The molecule has 0 saturated heterocycles. The SMILES string of the molecule is CN(C)CCCNC(=S)NCC(=O)Nc1cc(Cl)ccc1Cl. The molecule has 22 heavy (non-hydrogen) atoms. The standard InChI is InChI=1S/C14H20Cl2N4OS/c1-20(2)7-3-6-17-14(22)18-9-13(21)19-12-8-10(15)4-5-11(12)16/h4-5,8H,3,6-7,9H2,1-2H3,(H,19,21)(H2,17,18,22). The Morgan fingerprint density at radius 2 is 2.00 bits per heavy atom. The molecule has 0 spiro atoms. The van der Waals surface area contributed by atoms with E-state index in [1.165, 1.54) is 0 Å². The molecule has 0 aliphatic heterocycles. The topological polar surface area (TPSA) is 56.4 Å². The van der Waals surface area contributed by atoms with Crippen molar-refractivity contribution in [1.82, 2.24) is 15.5 Å². The molecule has 0 unspecified atom stereocenters. The molecule has 0 heterocycles. The molecule has 0 aliphatic carbocycles. The van der Waals surface area contributed by atoms with Crippen LogP contribution in [0.5, 0.6) is 0 Å². The summed E-state index contributed by atoms with van der Waals surface area (Å²) in [4.78, 5) is 13.9. The second-order valence-corrected chi connectivity index (χ2v) is 6.19. The Bertz CT molecular complexity index is 526. The molecule has 1 aromatic rings. The molecule has 3 N–H and O–H groups in total. The molecule has 5 nitrogen and oxygen atoms in total. The maximum Gasteiger partial charge on any atom is 0.243 e. The van der Waals surface area contributed by atoms with Crippen LogP contribution in [0, 0.1) is 0 Å². The Morgan fingerprint density at radius 3 is 2.68 bits per heavy atom. The third kappa shape index (κ3) is 7.79. The highest BCUT2D eigenvalue weighted by Crippen LogP contribution is 2.25. The van der Waals surface area contributed by atoms with Gasteiger partial charge in [0.25, 0.3) is 0 Å². The summed E-state index contributed by atoms with van der Waals surface area (Å²) in [5.74, 6) is -0.249. The minimum absolute atomic E-state index is 0.0579. The largest absolute Gasteiger partial charge is 0.363 e. The van der Waals surface area contributed by atoms with Crippen molar-refractivity contribution < 1.29 is 4.79 Å². The second-order valence-electron chi connectivity index (χ2n) is 4.94. The highest BCUT2D eigenvalue weighted by Gasteiger charge is 2.07. The van der Waals surface area contributed by atoms with E-state index < -0.39 is 0 Å². The van der Waals surface area contributed by atoms with Gasteiger partial charge < -0.3 is 20.9 Å². The highest BCUT2D eigenvalue weighted by molar-refractivity contribution is 7.80. The zero-order valence-electron chi connectivity index (χ0n) is 12.6. The number of thiocarbonyl (C=S) groups is 1. The van der Waals surface area contributed by atoms with Gasteiger partial charge in [-0.25, -0.2) is 0 Å². The van der Waals surface area contributed by atoms with E-state index in [9.17, 15) is 4.79 Å². The summed E-state index contributed by atoms with van der Waals surface area (Å²) in [5, 5.41) is 9.95. The van der Waals surface area contributed by atoms with Crippen molar-refractivity contribution in [2.45, 2.75) is 6.42 Å². The van der Waals surface area contributed by atoms with Crippen LogP contribution in [-0.2, 0) is 4.79 Å². The fourth-order valence-corrected chi connectivity index (χ4v) is 2.12. The first-order valence-electron chi connectivity index (χ1n) is 6.80. The van der Waals surface area contributed by atoms with Crippen LogP contribution in [0.2, 0.25) is 10.0 Å². The number of benzene rings is 1. The molecule has 0 atom stereocenters. The van der Waals surface area contributed by atoms with Crippen LogP contribution in [0.15, 0.2) is 18.2 Å².